The van der Waals surface area contributed by atoms with Gasteiger partial charge in [-0.05, 0) is 36.8 Å². The molecule has 0 aliphatic carbocycles. The van der Waals surface area contributed by atoms with E-state index in [1.54, 1.807) is 24.3 Å². The zero-order valence-corrected chi connectivity index (χ0v) is 11.7. The van der Waals surface area contributed by atoms with Gasteiger partial charge >= 0.3 is 0 Å². The van der Waals surface area contributed by atoms with E-state index in [1.165, 1.54) is 0 Å². The molecule has 1 heterocycles. The minimum Gasteiger partial charge on any atom is -0.486 e. The molecule has 108 valence electrons. The minimum atomic E-state index is -0.249. The molecule has 5 nitrogen and oxygen atoms in total. The Morgan fingerprint density at radius 3 is 2.81 bits per heavy atom. The van der Waals surface area contributed by atoms with Crippen molar-refractivity contribution in [2.24, 2.45) is 0 Å². The number of para-hydroxylation sites is 1. The Hall–Kier alpha value is -2.69. The van der Waals surface area contributed by atoms with E-state index in [1.807, 2.05) is 19.1 Å². The third-order valence-corrected chi connectivity index (χ3v) is 3.35. The standard InChI is InChI=1S/C16H16N2O3/c1-10-5-6-11(9-13(10)17)18-16(19)12-3-2-4-14-15(12)21-8-7-20-14/h2-6,9H,7-8,17H2,1H3,(H,18,19). The summed E-state index contributed by atoms with van der Waals surface area (Å²) in [5, 5.41) is 2.82. The van der Waals surface area contributed by atoms with Gasteiger partial charge in [0.1, 0.15) is 13.2 Å². The molecule has 0 bridgehead atoms. The molecule has 2 aromatic rings. The van der Waals surface area contributed by atoms with Crippen LogP contribution in [0.5, 0.6) is 11.5 Å². The summed E-state index contributed by atoms with van der Waals surface area (Å²) >= 11 is 0. The molecule has 0 fully saturated rings. The number of nitrogen functional groups attached to an aromatic ring is 1. The van der Waals surface area contributed by atoms with Crippen molar-refractivity contribution in [2.75, 3.05) is 24.3 Å². The second-order valence-electron chi connectivity index (χ2n) is 4.86. The van der Waals surface area contributed by atoms with Crippen molar-refractivity contribution >= 4 is 17.3 Å². The lowest BCUT2D eigenvalue weighted by Crippen LogP contribution is -2.20. The molecular weight excluding hydrogens is 268 g/mol. The Morgan fingerprint density at radius 1 is 1.19 bits per heavy atom. The first-order chi connectivity index (χ1) is 10.1. The summed E-state index contributed by atoms with van der Waals surface area (Å²) in [6.07, 6.45) is 0. The molecule has 0 saturated heterocycles. The van der Waals surface area contributed by atoms with Gasteiger partial charge in [0.05, 0.1) is 5.56 Å². The number of nitrogens with two attached hydrogens (primary N) is 1. The smallest absolute Gasteiger partial charge is 0.259 e. The van der Waals surface area contributed by atoms with Crippen molar-refractivity contribution in [3.05, 3.63) is 47.5 Å². The van der Waals surface area contributed by atoms with E-state index in [4.69, 9.17) is 15.2 Å². The Labute approximate surface area is 122 Å². The van der Waals surface area contributed by atoms with Crippen LogP contribution in [0.15, 0.2) is 36.4 Å². The fourth-order valence-corrected chi connectivity index (χ4v) is 2.17. The average Bonchev–Trinajstić information content (AvgIpc) is 2.50. The summed E-state index contributed by atoms with van der Waals surface area (Å²) < 4.78 is 11.0. The maximum Gasteiger partial charge on any atom is 0.259 e. The quantitative estimate of drug-likeness (QED) is 0.831. The predicted molar refractivity (Wildman–Crippen MR) is 81.0 cm³/mol. The molecule has 5 heteroatoms. The van der Waals surface area contributed by atoms with Crippen molar-refractivity contribution in [1.29, 1.82) is 0 Å². The highest BCUT2D eigenvalue weighted by atomic mass is 16.6. The molecule has 3 rings (SSSR count). The summed E-state index contributed by atoms with van der Waals surface area (Å²) in [7, 11) is 0. The molecule has 2 aromatic carbocycles. The molecule has 0 radical (unpaired) electrons. The van der Waals surface area contributed by atoms with E-state index < -0.39 is 0 Å². The lowest BCUT2D eigenvalue weighted by Gasteiger charge is -2.20. The van der Waals surface area contributed by atoms with Crippen LogP contribution in [0, 0.1) is 6.92 Å². The third-order valence-electron chi connectivity index (χ3n) is 3.35. The number of fused-ring (bicyclic) bond motifs is 1. The van der Waals surface area contributed by atoms with E-state index in [2.05, 4.69) is 5.32 Å². The first-order valence-electron chi connectivity index (χ1n) is 6.71. The monoisotopic (exact) mass is 284 g/mol. The molecule has 0 spiro atoms. The van der Waals surface area contributed by atoms with Gasteiger partial charge in [-0.2, -0.15) is 0 Å². The number of hydrogen-bond acceptors (Lipinski definition) is 4. The first-order valence-corrected chi connectivity index (χ1v) is 6.71. The van der Waals surface area contributed by atoms with E-state index in [9.17, 15) is 4.79 Å². The highest BCUT2D eigenvalue weighted by Gasteiger charge is 2.20. The van der Waals surface area contributed by atoms with Crippen LogP contribution in [-0.4, -0.2) is 19.1 Å². The predicted octanol–water partition coefficient (Wildman–Crippen LogP) is 2.60. The largest absolute Gasteiger partial charge is 0.486 e. The second kappa shape index (κ2) is 5.36. The Balaban J connectivity index is 1.87. The van der Waals surface area contributed by atoms with E-state index in [0.717, 1.165) is 5.56 Å². The lowest BCUT2D eigenvalue weighted by atomic mass is 10.1. The molecule has 0 unspecified atom stereocenters. The molecule has 3 N–H and O–H groups in total. The minimum absolute atomic E-state index is 0.249. The van der Waals surface area contributed by atoms with Crippen LogP contribution >= 0.6 is 0 Å². The van der Waals surface area contributed by atoms with Crippen molar-refractivity contribution < 1.29 is 14.3 Å². The molecule has 21 heavy (non-hydrogen) atoms. The van der Waals surface area contributed by atoms with Gasteiger partial charge in [0.2, 0.25) is 0 Å². The average molecular weight is 284 g/mol. The fourth-order valence-electron chi connectivity index (χ4n) is 2.17. The molecule has 0 saturated carbocycles. The summed E-state index contributed by atoms with van der Waals surface area (Å²) in [6.45, 7) is 2.85. The van der Waals surface area contributed by atoms with E-state index in [-0.39, 0.29) is 5.91 Å². The number of benzene rings is 2. The molecular formula is C16H16N2O3. The van der Waals surface area contributed by atoms with Crippen LogP contribution < -0.4 is 20.5 Å². The van der Waals surface area contributed by atoms with Crippen LogP contribution in [0.4, 0.5) is 11.4 Å². The maximum atomic E-state index is 12.4. The Bertz CT molecular complexity index is 698. The van der Waals surface area contributed by atoms with Crippen molar-refractivity contribution in [3.63, 3.8) is 0 Å². The van der Waals surface area contributed by atoms with Crippen LogP contribution in [0.1, 0.15) is 15.9 Å². The van der Waals surface area contributed by atoms with Gasteiger partial charge in [0, 0.05) is 11.4 Å². The number of aryl methyl sites for hydroxylation is 1. The number of carbonyl (C=O) groups is 1. The highest BCUT2D eigenvalue weighted by Crippen LogP contribution is 2.34. The second-order valence-corrected chi connectivity index (χ2v) is 4.86. The van der Waals surface area contributed by atoms with Crippen LogP contribution in [0.2, 0.25) is 0 Å². The number of nitrogens with one attached hydrogen (secondary N) is 1. The van der Waals surface area contributed by atoms with Gasteiger partial charge in [-0.1, -0.05) is 12.1 Å². The summed E-state index contributed by atoms with van der Waals surface area (Å²) in [5.74, 6) is 0.833. The summed E-state index contributed by atoms with van der Waals surface area (Å²) in [5.41, 5.74) is 8.57. The zero-order chi connectivity index (χ0) is 14.8. The summed E-state index contributed by atoms with van der Waals surface area (Å²) in [6, 6.07) is 10.7. The number of amides is 1. The fraction of sp³-hybridized carbons (Fsp3) is 0.188. The lowest BCUT2D eigenvalue weighted by molar-refractivity contribution is 0.101. The van der Waals surface area contributed by atoms with Gasteiger partial charge in [-0.15, -0.1) is 0 Å². The third kappa shape index (κ3) is 2.63. The van der Waals surface area contributed by atoms with Gasteiger partial charge in [0.25, 0.3) is 5.91 Å². The topological polar surface area (TPSA) is 73.6 Å². The van der Waals surface area contributed by atoms with Crippen LogP contribution in [0.3, 0.4) is 0 Å². The summed E-state index contributed by atoms with van der Waals surface area (Å²) in [4.78, 5) is 12.4. The number of hydrogen-bond donors (Lipinski definition) is 2. The molecule has 0 atom stereocenters. The number of anilines is 2. The van der Waals surface area contributed by atoms with Crippen LogP contribution in [-0.2, 0) is 0 Å². The highest BCUT2D eigenvalue weighted by molar-refractivity contribution is 6.07. The normalized spacial score (nSPS) is 12.8. The van der Waals surface area contributed by atoms with Crippen molar-refractivity contribution in [3.8, 4) is 11.5 Å². The first kappa shape index (κ1) is 13.3. The maximum absolute atomic E-state index is 12.4. The molecule has 1 amide bonds. The van der Waals surface area contributed by atoms with Crippen molar-refractivity contribution in [1.82, 2.24) is 0 Å². The van der Waals surface area contributed by atoms with Crippen molar-refractivity contribution in [2.45, 2.75) is 6.92 Å². The van der Waals surface area contributed by atoms with Gasteiger partial charge in [0.15, 0.2) is 11.5 Å². The SMILES string of the molecule is Cc1ccc(NC(=O)c2cccc3c2OCCO3)cc1N. The number of ether oxygens (including phenoxy) is 2. The number of carbonyl (C=O) groups excluding carboxylic acids is 1. The van der Waals surface area contributed by atoms with Gasteiger partial charge in [-0.25, -0.2) is 0 Å². The van der Waals surface area contributed by atoms with Crippen LogP contribution in [0.25, 0.3) is 0 Å². The Morgan fingerprint density at radius 2 is 2.00 bits per heavy atom. The molecule has 1 aliphatic heterocycles. The number of rotatable bonds is 2. The van der Waals surface area contributed by atoms with E-state index in [0.29, 0.717) is 41.7 Å². The zero-order valence-electron chi connectivity index (χ0n) is 11.7. The van der Waals surface area contributed by atoms with E-state index >= 15 is 0 Å². The Kier molecular flexibility index (Phi) is 3.39. The molecule has 0 aromatic heterocycles. The van der Waals surface area contributed by atoms with Gasteiger partial charge in [-0.3, -0.25) is 4.79 Å². The molecule has 1 aliphatic rings. The van der Waals surface area contributed by atoms with Gasteiger partial charge < -0.3 is 20.5 Å².